The summed E-state index contributed by atoms with van der Waals surface area (Å²) in [6, 6.07) is 14.6. The van der Waals surface area contributed by atoms with Crippen LogP contribution >= 0.6 is 23.4 Å². The van der Waals surface area contributed by atoms with E-state index in [0.29, 0.717) is 15.9 Å². The predicted octanol–water partition coefficient (Wildman–Crippen LogP) is 3.93. The quantitative estimate of drug-likeness (QED) is 0.392. The summed E-state index contributed by atoms with van der Waals surface area (Å²) in [6.07, 6.45) is 1.62. The highest BCUT2D eigenvalue weighted by Crippen LogP contribution is 2.21. The van der Waals surface area contributed by atoms with Crippen LogP contribution in [0.2, 0.25) is 5.02 Å². The highest BCUT2D eigenvalue weighted by molar-refractivity contribution is 7.99. The standard InChI is InChI=1S/C17H14ClN3O2S/c1-12-2-6-14(7-3-12)21-11-19-20-17(21)24-10-16(22)23-15-8-4-13(18)5-9-15/h2-9,11H,10H2,1H3. The van der Waals surface area contributed by atoms with Crippen molar-refractivity contribution in [1.29, 1.82) is 0 Å². The van der Waals surface area contributed by atoms with Crippen LogP contribution in [0.1, 0.15) is 5.56 Å². The molecular weight excluding hydrogens is 346 g/mol. The van der Waals surface area contributed by atoms with Crippen molar-refractivity contribution in [3.05, 3.63) is 65.4 Å². The summed E-state index contributed by atoms with van der Waals surface area (Å²) >= 11 is 7.07. The third kappa shape index (κ3) is 4.15. The van der Waals surface area contributed by atoms with Gasteiger partial charge in [-0.05, 0) is 43.3 Å². The SMILES string of the molecule is Cc1ccc(-n2cnnc2SCC(=O)Oc2ccc(Cl)cc2)cc1. The molecular formula is C17H14ClN3O2S. The number of aryl methyl sites for hydroxylation is 1. The third-order valence-corrected chi connectivity index (χ3v) is 4.36. The highest BCUT2D eigenvalue weighted by atomic mass is 35.5. The molecule has 1 heterocycles. The molecule has 0 atom stereocenters. The van der Waals surface area contributed by atoms with Gasteiger partial charge in [0.1, 0.15) is 12.1 Å². The maximum atomic E-state index is 12.0. The molecule has 2 aromatic carbocycles. The maximum absolute atomic E-state index is 12.0. The van der Waals surface area contributed by atoms with E-state index >= 15 is 0 Å². The first-order chi connectivity index (χ1) is 11.6. The molecule has 0 spiro atoms. The molecule has 24 heavy (non-hydrogen) atoms. The van der Waals surface area contributed by atoms with Crippen LogP contribution in [0.4, 0.5) is 0 Å². The Morgan fingerprint density at radius 3 is 2.58 bits per heavy atom. The van der Waals surface area contributed by atoms with Crippen LogP contribution in [-0.4, -0.2) is 26.5 Å². The fourth-order valence-corrected chi connectivity index (χ4v) is 2.82. The minimum atomic E-state index is -0.360. The lowest BCUT2D eigenvalue weighted by Crippen LogP contribution is -2.11. The van der Waals surface area contributed by atoms with Crippen LogP contribution < -0.4 is 4.74 Å². The lowest BCUT2D eigenvalue weighted by Gasteiger charge is -2.07. The van der Waals surface area contributed by atoms with Crippen LogP contribution in [0, 0.1) is 6.92 Å². The summed E-state index contributed by atoms with van der Waals surface area (Å²) in [6.45, 7) is 2.03. The number of hydrogen-bond donors (Lipinski definition) is 0. The van der Waals surface area contributed by atoms with Gasteiger partial charge in [-0.2, -0.15) is 0 Å². The van der Waals surface area contributed by atoms with E-state index in [4.69, 9.17) is 16.3 Å². The van der Waals surface area contributed by atoms with Crippen LogP contribution in [0.5, 0.6) is 5.75 Å². The topological polar surface area (TPSA) is 57.0 Å². The summed E-state index contributed by atoms with van der Waals surface area (Å²) in [4.78, 5) is 12.0. The number of halogens is 1. The van der Waals surface area contributed by atoms with Crippen LogP contribution in [0.15, 0.2) is 60.0 Å². The molecule has 0 aliphatic rings. The molecule has 0 bridgehead atoms. The van der Waals surface area contributed by atoms with Gasteiger partial charge in [-0.3, -0.25) is 9.36 Å². The van der Waals surface area contributed by atoms with Crippen molar-refractivity contribution in [1.82, 2.24) is 14.8 Å². The molecule has 122 valence electrons. The summed E-state index contributed by atoms with van der Waals surface area (Å²) < 4.78 is 7.09. The van der Waals surface area contributed by atoms with E-state index in [1.807, 2.05) is 35.8 Å². The van der Waals surface area contributed by atoms with E-state index in [1.54, 1.807) is 30.6 Å². The fourth-order valence-electron chi connectivity index (χ4n) is 1.99. The fraction of sp³-hybridized carbons (Fsp3) is 0.118. The average molecular weight is 360 g/mol. The summed E-state index contributed by atoms with van der Waals surface area (Å²) in [5.74, 6) is 0.235. The van der Waals surface area contributed by atoms with Gasteiger partial charge in [-0.15, -0.1) is 10.2 Å². The molecule has 0 fully saturated rings. The molecule has 7 heteroatoms. The minimum Gasteiger partial charge on any atom is -0.426 e. The van der Waals surface area contributed by atoms with E-state index in [1.165, 1.54) is 17.3 Å². The lowest BCUT2D eigenvalue weighted by atomic mass is 10.2. The Morgan fingerprint density at radius 2 is 1.88 bits per heavy atom. The summed E-state index contributed by atoms with van der Waals surface area (Å²) in [5, 5.41) is 9.20. The molecule has 0 saturated heterocycles. The second kappa shape index (κ2) is 7.51. The van der Waals surface area contributed by atoms with Crippen molar-refractivity contribution < 1.29 is 9.53 Å². The van der Waals surface area contributed by atoms with Crippen molar-refractivity contribution in [2.24, 2.45) is 0 Å². The van der Waals surface area contributed by atoms with Crippen LogP contribution in [-0.2, 0) is 4.79 Å². The number of hydrogen-bond acceptors (Lipinski definition) is 5. The Morgan fingerprint density at radius 1 is 1.17 bits per heavy atom. The zero-order chi connectivity index (χ0) is 16.9. The Hall–Kier alpha value is -2.31. The third-order valence-electron chi connectivity index (χ3n) is 3.19. The number of esters is 1. The van der Waals surface area contributed by atoms with E-state index in [9.17, 15) is 4.79 Å². The van der Waals surface area contributed by atoms with Crippen molar-refractivity contribution >= 4 is 29.3 Å². The molecule has 0 N–H and O–H groups in total. The van der Waals surface area contributed by atoms with Gasteiger partial charge in [0, 0.05) is 10.7 Å². The second-order valence-corrected chi connectivity index (χ2v) is 6.41. The normalized spacial score (nSPS) is 10.6. The van der Waals surface area contributed by atoms with E-state index in [0.717, 1.165) is 5.69 Å². The molecule has 0 unspecified atom stereocenters. The first-order valence-electron chi connectivity index (χ1n) is 7.18. The number of nitrogens with zero attached hydrogens (tertiary/aromatic N) is 3. The monoisotopic (exact) mass is 359 g/mol. The number of ether oxygens (including phenoxy) is 1. The molecule has 0 radical (unpaired) electrons. The van der Waals surface area contributed by atoms with E-state index in [-0.39, 0.29) is 11.7 Å². The van der Waals surface area contributed by atoms with Crippen molar-refractivity contribution in [3.8, 4) is 11.4 Å². The molecule has 0 aliphatic carbocycles. The first-order valence-corrected chi connectivity index (χ1v) is 8.54. The van der Waals surface area contributed by atoms with E-state index < -0.39 is 0 Å². The second-order valence-electron chi connectivity index (χ2n) is 5.04. The minimum absolute atomic E-state index is 0.132. The molecule has 0 amide bonds. The average Bonchev–Trinajstić information content (AvgIpc) is 3.04. The predicted molar refractivity (Wildman–Crippen MR) is 93.9 cm³/mol. The number of carbonyl (C=O) groups is 1. The van der Waals surface area contributed by atoms with Crippen molar-refractivity contribution in [3.63, 3.8) is 0 Å². The Kier molecular flexibility index (Phi) is 5.17. The van der Waals surface area contributed by atoms with Gasteiger partial charge in [-0.1, -0.05) is 41.1 Å². The van der Waals surface area contributed by atoms with E-state index in [2.05, 4.69) is 10.2 Å². The Bertz CT molecular complexity index is 832. The van der Waals surface area contributed by atoms with Gasteiger partial charge >= 0.3 is 5.97 Å². The molecule has 1 aromatic heterocycles. The number of aromatic nitrogens is 3. The molecule has 3 rings (SSSR count). The van der Waals surface area contributed by atoms with Gasteiger partial charge in [0.05, 0.1) is 5.75 Å². The first kappa shape index (κ1) is 16.5. The van der Waals surface area contributed by atoms with Crippen molar-refractivity contribution in [2.45, 2.75) is 12.1 Å². The van der Waals surface area contributed by atoms with Gasteiger partial charge in [0.25, 0.3) is 0 Å². The largest absolute Gasteiger partial charge is 0.426 e. The number of carbonyl (C=O) groups excluding carboxylic acids is 1. The van der Waals surface area contributed by atoms with Crippen LogP contribution in [0.25, 0.3) is 5.69 Å². The number of rotatable bonds is 5. The van der Waals surface area contributed by atoms with Crippen molar-refractivity contribution in [2.75, 3.05) is 5.75 Å². The molecule has 5 nitrogen and oxygen atoms in total. The smallest absolute Gasteiger partial charge is 0.321 e. The maximum Gasteiger partial charge on any atom is 0.321 e. The van der Waals surface area contributed by atoms with Gasteiger partial charge < -0.3 is 4.74 Å². The number of benzene rings is 2. The number of thioether (sulfide) groups is 1. The van der Waals surface area contributed by atoms with Gasteiger partial charge in [0.2, 0.25) is 0 Å². The Balaban J connectivity index is 1.63. The van der Waals surface area contributed by atoms with Gasteiger partial charge in [-0.25, -0.2) is 0 Å². The molecule has 3 aromatic rings. The summed E-state index contributed by atoms with van der Waals surface area (Å²) in [7, 11) is 0. The van der Waals surface area contributed by atoms with Crippen LogP contribution in [0.3, 0.4) is 0 Å². The molecule has 0 saturated carbocycles. The molecule has 0 aliphatic heterocycles. The lowest BCUT2D eigenvalue weighted by molar-refractivity contribution is -0.131. The Labute approximate surface area is 148 Å². The summed E-state index contributed by atoms with van der Waals surface area (Å²) in [5.41, 5.74) is 2.12. The highest BCUT2D eigenvalue weighted by Gasteiger charge is 2.11. The van der Waals surface area contributed by atoms with Gasteiger partial charge in [0.15, 0.2) is 5.16 Å². The zero-order valence-corrected chi connectivity index (χ0v) is 14.4. The zero-order valence-electron chi connectivity index (χ0n) is 12.8.